The molecule has 60 heavy (non-hydrogen) atoms. The minimum absolute atomic E-state index is 0.0248. The maximum absolute atomic E-state index is 14.2. The Labute approximate surface area is 362 Å². The van der Waals surface area contributed by atoms with Gasteiger partial charge in [-0.1, -0.05) is 41.5 Å². The van der Waals surface area contributed by atoms with Crippen LogP contribution in [-0.2, 0) is 14.3 Å². The maximum Gasteiger partial charge on any atom is 0.306 e. The lowest BCUT2D eigenvalue weighted by atomic mass is 9.38. The number of esters is 1. The van der Waals surface area contributed by atoms with Crippen LogP contribution in [0.1, 0.15) is 164 Å². The summed E-state index contributed by atoms with van der Waals surface area (Å²) in [7, 11) is 0. The molecular weight excluding hydrogens is 751 g/mol. The number of carbonyl (C=O) groups is 2. The van der Waals surface area contributed by atoms with Gasteiger partial charge in [0.2, 0.25) is 0 Å². The number of piperidine rings is 2. The molecule has 8 aliphatic carbocycles. The molecule has 8 saturated carbocycles. The number of ketones is 1. The Balaban J connectivity index is 0.766. The molecule has 10 aliphatic rings. The van der Waals surface area contributed by atoms with Gasteiger partial charge in [-0.2, -0.15) is 0 Å². The quantitative estimate of drug-likeness (QED) is 0.204. The van der Waals surface area contributed by atoms with Crippen LogP contribution >= 0.6 is 0 Å². The molecule has 2 heterocycles. The summed E-state index contributed by atoms with van der Waals surface area (Å²) in [5.41, 5.74) is -1.24. The largest absolute Gasteiger partial charge is 0.462 e. The van der Waals surface area contributed by atoms with Crippen LogP contribution < -0.4 is 0 Å². The number of carbonyl (C=O) groups excluding carboxylic acids is 2. The van der Waals surface area contributed by atoms with Crippen molar-refractivity contribution in [3.05, 3.63) is 0 Å². The van der Waals surface area contributed by atoms with Crippen LogP contribution in [0.25, 0.3) is 0 Å². The van der Waals surface area contributed by atoms with Crippen molar-refractivity contribution in [1.82, 2.24) is 4.90 Å². The molecule has 8 nitrogen and oxygen atoms in total. The number of nitrogens with zero attached hydrogens (tertiary/aromatic N) is 1. The third-order valence-corrected chi connectivity index (χ3v) is 23.1. The molecule has 4 N–H and O–H groups in total. The molecule has 1 unspecified atom stereocenters. The van der Waals surface area contributed by atoms with Crippen molar-refractivity contribution in [2.24, 2.45) is 98.6 Å². The lowest BCUT2D eigenvalue weighted by Gasteiger charge is -2.68. The van der Waals surface area contributed by atoms with Crippen molar-refractivity contribution in [1.29, 1.82) is 0 Å². The average molecular weight is 834 g/mol. The Kier molecular flexibility index (Phi) is 10.5. The Morgan fingerprint density at radius 1 is 0.750 bits per heavy atom. The monoisotopic (exact) mass is 834 g/mol. The Morgan fingerprint density at radius 3 is 2.28 bits per heavy atom. The fourth-order valence-corrected chi connectivity index (χ4v) is 20.0. The number of Topliss-reactive ketones (excluding diaryl/α,β-unsaturated/α-hetero) is 1. The maximum atomic E-state index is 14.2. The lowest BCUT2D eigenvalue weighted by molar-refractivity contribution is -0.251. The molecule has 338 valence electrons. The van der Waals surface area contributed by atoms with Gasteiger partial charge in [-0.15, -0.1) is 0 Å². The first kappa shape index (κ1) is 42.9. The molecule has 0 bridgehead atoms. The molecule has 0 spiro atoms. The topological polar surface area (TPSA) is 128 Å². The van der Waals surface area contributed by atoms with Gasteiger partial charge in [0.15, 0.2) is 0 Å². The molecule has 0 aromatic carbocycles. The van der Waals surface area contributed by atoms with E-state index in [-0.39, 0.29) is 75.5 Å². The normalized spacial score (nSPS) is 57.6. The van der Waals surface area contributed by atoms with Crippen LogP contribution in [0.15, 0.2) is 0 Å². The second-order valence-corrected chi connectivity index (χ2v) is 25.3. The third-order valence-electron chi connectivity index (χ3n) is 23.1. The zero-order valence-corrected chi connectivity index (χ0v) is 38.5. The van der Waals surface area contributed by atoms with E-state index in [2.05, 4.69) is 53.4 Å². The van der Waals surface area contributed by atoms with Gasteiger partial charge < -0.3 is 25.2 Å². The Hall–Kier alpha value is -1.06. The predicted molar refractivity (Wildman–Crippen MR) is 231 cm³/mol. The lowest BCUT2D eigenvalue weighted by Crippen LogP contribution is -2.67. The van der Waals surface area contributed by atoms with Crippen LogP contribution in [-0.4, -0.2) is 86.2 Å². The number of hydrogen-bond donors (Lipinski definition) is 4. The number of rotatable bonds is 5. The molecule has 0 aromatic rings. The summed E-state index contributed by atoms with van der Waals surface area (Å²) in [6.07, 6.45) is 14.7. The van der Waals surface area contributed by atoms with Crippen LogP contribution in [0.3, 0.4) is 0 Å². The summed E-state index contributed by atoms with van der Waals surface area (Å²) < 4.78 is 6.30. The van der Waals surface area contributed by atoms with Gasteiger partial charge in [0.1, 0.15) is 11.9 Å². The second kappa shape index (κ2) is 14.7. The number of fused-ring (bicyclic) bond motifs is 13. The number of aliphatic hydroxyl groups excluding tert-OH is 3. The molecule has 23 atom stereocenters. The van der Waals surface area contributed by atoms with Gasteiger partial charge >= 0.3 is 5.97 Å². The van der Waals surface area contributed by atoms with Crippen LogP contribution in [0, 0.1) is 98.6 Å². The van der Waals surface area contributed by atoms with Crippen molar-refractivity contribution in [2.45, 2.75) is 200 Å². The van der Waals surface area contributed by atoms with Gasteiger partial charge in [0.05, 0.1) is 23.9 Å². The van der Waals surface area contributed by atoms with E-state index in [0.29, 0.717) is 78.8 Å². The van der Waals surface area contributed by atoms with Gasteiger partial charge in [0.25, 0.3) is 0 Å². The Morgan fingerprint density at radius 2 is 1.50 bits per heavy atom. The summed E-state index contributed by atoms with van der Waals surface area (Å²) in [5.74, 6) is 5.24. The minimum atomic E-state index is -0.636. The van der Waals surface area contributed by atoms with Crippen LogP contribution in [0.2, 0.25) is 0 Å². The van der Waals surface area contributed by atoms with Crippen molar-refractivity contribution >= 4 is 11.8 Å². The zero-order chi connectivity index (χ0) is 42.5. The first-order chi connectivity index (χ1) is 28.3. The molecule has 2 saturated heterocycles. The van der Waals surface area contributed by atoms with Crippen LogP contribution in [0.4, 0.5) is 0 Å². The first-order valence-electron chi connectivity index (χ1n) is 25.5. The highest BCUT2D eigenvalue weighted by Gasteiger charge is 2.71. The van der Waals surface area contributed by atoms with Gasteiger partial charge in [-0.25, -0.2) is 0 Å². The van der Waals surface area contributed by atoms with Gasteiger partial charge in [0, 0.05) is 43.3 Å². The summed E-state index contributed by atoms with van der Waals surface area (Å²) in [4.78, 5) is 30.6. The van der Waals surface area contributed by atoms with E-state index in [4.69, 9.17) is 4.74 Å². The molecule has 2 aliphatic heterocycles. The van der Waals surface area contributed by atoms with E-state index >= 15 is 0 Å². The minimum Gasteiger partial charge on any atom is -0.462 e. The van der Waals surface area contributed by atoms with E-state index < -0.39 is 17.8 Å². The number of hydrogen-bond acceptors (Lipinski definition) is 8. The smallest absolute Gasteiger partial charge is 0.306 e. The standard InChI is InChI=1S/C52H83NO7/c1-28-8-14-44-52(7,59)38-11-10-33-34(36(38)27-53(44)26-28)23-39-35(33)24-41(55)40-22-32(17-19-49(39,40)4)60-47(58)15-9-29(2)37-12-13-42-50(37,5)46(57)25-43-48(3)18-16-31(54)20-30(48)21-45(56)51(42,43)6/h28-40,42-46,54,56-57,59H,8-27H2,1-7H3/t28-,29+,30-,31+,32-,33+,34+,35-,36-,37+,38-,39?,40+,42+,43+,44-,45+,46-,48-,49+,50+,51-,52-/m0/s1. The molecule has 0 radical (unpaired) electrons. The first-order valence-corrected chi connectivity index (χ1v) is 25.5. The highest BCUT2D eigenvalue weighted by Crippen LogP contribution is 2.73. The molecule has 8 heteroatoms. The fraction of sp³-hybridized carbons (Fsp3) is 0.962. The van der Waals surface area contributed by atoms with Crippen molar-refractivity contribution in [3.63, 3.8) is 0 Å². The molecule has 0 amide bonds. The number of ether oxygens (including phenoxy) is 1. The SMILES string of the molecule is C[C@H]1CC[C@@H]2N(C1)C[C@H]1[C@@H]3CC4[C@@H](CC(=O)[C@H]5C[C@@H](OC(=O)CC[C@@H](C)[C@H]6CC[C@@H]7[C@]6(C)[C@@H](O)C[C@@H]6[C@@]8(C)CC[C@@H](O)C[C@H]8C[C@@H](O)[C@@]76C)CC[C@]45C)[C@@H]3CC[C@@H]1[C@]2(C)O. The summed E-state index contributed by atoms with van der Waals surface area (Å²) in [6, 6.07) is 0.289. The fourth-order valence-electron chi connectivity index (χ4n) is 20.0. The van der Waals surface area contributed by atoms with Gasteiger partial charge in [-0.3, -0.25) is 14.5 Å². The van der Waals surface area contributed by atoms with Gasteiger partial charge in [-0.05, 0) is 197 Å². The molecule has 10 rings (SSSR count). The second-order valence-electron chi connectivity index (χ2n) is 25.3. The predicted octanol–water partition coefficient (Wildman–Crippen LogP) is 8.21. The Bertz CT molecular complexity index is 1680. The van der Waals surface area contributed by atoms with E-state index in [1.165, 1.54) is 12.8 Å². The average Bonchev–Trinajstić information content (AvgIpc) is 3.76. The summed E-state index contributed by atoms with van der Waals surface area (Å²) in [6.45, 7) is 18.5. The summed E-state index contributed by atoms with van der Waals surface area (Å²) >= 11 is 0. The van der Waals surface area contributed by atoms with Crippen molar-refractivity contribution in [2.75, 3.05) is 13.1 Å². The number of aliphatic hydroxyl groups is 4. The van der Waals surface area contributed by atoms with E-state index in [0.717, 1.165) is 90.1 Å². The highest BCUT2D eigenvalue weighted by molar-refractivity contribution is 5.83. The van der Waals surface area contributed by atoms with E-state index in [9.17, 15) is 30.0 Å². The van der Waals surface area contributed by atoms with Crippen molar-refractivity contribution < 1.29 is 34.8 Å². The zero-order valence-electron chi connectivity index (χ0n) is 38.5. The molecular formula is C52H83NO7. The summed E-state index contributed by atoms with van der Waals surface area (Å²) in [5, 5.41) is 46.8. The van der Waals surface area contributed by atoms with Crippen LogP contribution in [0.5, 0.6) is 0 Å². The van der Waals surface area contributed by atoms with Crippen molar-refractivity contribution in [3.8, 4) is 0 Å². The third kappa shape index (κ3) is 6.10. The highest BCUT2D eigenvalue weighted by atomic mass is 16.5. The van der Waals surface area contributed by atoms with E-state index in [1.807, 2.05) is 0 Å². The molecule has 10 fully saturated rings. The van der Waals surface area contributed by atoms with E-state index in [1.54, 1.807) is 0 Å². The molecule has 0 aromatic heterocycles.